The van der Waals surface area contributed by atoms with Crippen LogP contribution in [-0.2, 0) is 0 Å². The van der Waals surface area contributed by atoms with Gasteiger partial charge in [0.05, 0.1) is 5.82 Å². The monoisotopic (exact) mass is 241 g/mol. The number of hydrogen-bond acceptors (Lipinski definition) is 0. The number of benzene rings is 1. The molecule has 0 nitrogen and oxygen atoms in total. The molecule has 0 radical (unpaired) electrons. The van der Waals surface area contributed by atoms with Crippen molar-refractivity contribution in [2.45, 2.75) is 0 Å². The highest BCUT2D eigenvalue weighted by Crippen LogP contribution is 2.15. The molecule has 1 aromatic rings. The number of rotatable bonds is 1. The number of halogens is 5. The van der Waals surface area contributed by atoms with Gasteiger partial charge in [-0.05, 0) is 12.1 Å². The van der Waals surface area contributed by atoms with Crippen molar-refractivity contribution < 1.29 is 17.3 Å². The van der Waals surface area contributed by atoms with E-state index in [1.165, 1.54) is 6.07 Å². The quantitative estimate of drug-likeness (QED) is 0.524. The zero-order chi connectivity index (χ0) is 9.35. The average Bonchev–Trinajstić information content (AvgIpc) is 1.92. The van der Waals surface area contributed by atoms with Crippen LogP contribution in [0.3, 0.4) is 0 Å². The average molecular weight is 242 g/mol. The van der Waals surface area contributed by atoms with E-state index in [0.29, 0.717) is 0 Å². The van der Waals surface area contributed by atoms with Gasteiger partial charge in [-0.2, -0.15) is 0 Å². The first-order valence-electron chi connectivity index (χ1n) is 3.06. The summed E-state index contributed by atoms with van der Waals surface area (Å²) in [5, 5.41) is 0. The van der Waals surface area contributed by atoms with Crippen molar-refractivity contribution in [2.75, 3.05) is 0 Å². The van der Waals surface area contributed by atoms with E-state index in [4.69, 9.17) is 0 Å². The van der Waals surface area contributed by atoms with E-state index in [9.17, 15) is 17.3 Å². The minimum Gasteiger partial charge on any atom is -0.445 e. The van der Waals surface area contributed by atoms with Crippen LogP contribution in [0.5, 0.6) is 0 Å². The van der Waals surface area contributed by atoms with E-state index in [1.54, 1.807) is 0 Å². The van der Waals surface area contributed by atoms with Crippen molar-refractivity contribution in [3.8, 4) is 0 Å². The summed E-state index contributed by atoms with van der Waals surface area (Å²) in [7, 11) is 0. The third-order valence-electron chi connectivity index (χ3n) is 1.31. The molecule has 0 heterocycles. The van der Waals surface area contributed by atoms with Gasteiger partial charge in [-0.3, -0.25) is 0 Å². The minimum atomic E-state index is -5.25. The van der Waals surface area contributed by atoms with Gasteiger partial charge in [-0.25, -0.2) is 4.39 Å². The zero-order valence-corrected chi connectivity index (χ0v) is 7.29. The second kappa shape index (κ2) is 3.09. The SMILES string of the molecule is Fc1ccc(Br)cc1[B-](F)(F)F. The summed E-state index contributed by atoms with van der Waals surface area (Å²) in [6.45, 7) is -5.25. The van der Waals surface area contributed by atoms with Crippen LogP contribution in [0.4, 0.5) is 17.3 Å². The Kier molecular flexibility index (Phi) is 2.46. The lowest BCUT2D eigenvalue weighted by molar-refractivity contribution is 0.494. The first-order chi connectivity index (χ1) is 5.41. The maximum absolute atomic E-state index is 12.5. The Balaban J connectivity index is 3.23. The highest BCUT2D eigenvalue weighted by atomic mass is 79.9. The van der Waals surface area contributed by atoms with Crippen LogP contribution in [-0.4, -0.2) is 6.98 Å². The number of hydrogen-bond donors (Lipinski definition) is 0. The summed E-state index contributed by atoms with van der Waals surface area (Å²) in [6.07, 6.45) is 0. The molecule has 12 heavy (non-hydrogen) atoms. The smallest absolute Gasteiger partial charge is 0.445 e. The van der Waals surface area contributed by atoms with E-state index in [-0.39, 0.29) is 4.47 Å². The van der Waals surface area contributed by atoms with Gasteiger partial charge in [-0.15, -0.1) is 0 Å². The van der Waals surface area contributed by atoms with Gasteiger partial charge in [-0.1, -0.05) is 27.5 Å². The topological polar surface area (TPSA) is 0 Å². The van der Waals surface area contributed by atoms with Crippen LogP contribution < -0.4 is 5.46 Å². The van der Waals surface area contributed by atoms with Crippen LogP contribution in [0.2, 0.25) is 0 Å². The fraction of sp³-hybridized carbons (Fsp3) is 0. The van der Waals surface area contributed by atoms with Crippen molar-refractivity contribution in [1.82, 2.24) is 0 Å². The Morgan fingerprint density at radius 3 is 2.17 bits per heavy atom. The molecule has 0 saturated carbocycles. The van der Waals surface area contributed by atoms with E-state index >= 15 is 0 Å². The van der Waals surface area contributed by atoms with Crippen molar-refractivity contribution in [3.05, 3.63) is 28.5 Å². The first kappa shape index (κ1) is 9.57. The third kappa shape index (κ3) is 2.00. The lowest BCUT2D eigenvalue weighted by Crippen LogP contribution is -2.36. The molecular formula is C6H3BBrF4-. The summed E-state index contributed by atoms with van der Waals surface area (Å²) in [6, 6.07) is 2.74. The van der Waals surface area contributed by atoms with Gasteiger partial charge in [0, 0.05) is 4.47 Å². The molecule has 0 aliphatic carbocycles. The molecule has 0 atom stereocenters. The van der Waals surface area contributed by atoms with Crippen LogP contribution in [0.25, 0.3) is 0 Å². The molecular weight excluding hydrogens is 239 g/mol. The van der Waals surface area contributed by atoms with Crippen molar-refractivity contribution >= 4 is 28.4 Å². The first-order valence-corrected chi connectivity index (χ1v) is 3.85. The van der Waals surface area contributed by atoms with Gasteiger partial charge in [0.25, 0.3) is 0 Å². The highest BCUT2D eigenvalue weighted by Gasteiger charge is 2.28. The molecule has 0 spiro atoms. The predicted molar refractivity (Wildman–Crippen MR) is 42.8 cm³/mol. The van der Waals surface area contributed by atoms with Crippen LogP contribution >= 0.6 is 15.9 Å². The molecule has 0 saturated heterocycles. The molecule has 0 N–H and O–H groups in total. The van der Waals surface area contributed by atoms with Gasteiger partial charge in [0.1, 0.15) is 0 Å². The Labute approximate surface area is 74.8 Å². The normalized spacial score (nSPS) is 11.8. The largest absolute Gasteiger partial charge is 0.512 e. The molecule has 66 valence electrons. The van der Waals surface area contributed by atoms with Crippen molar-refractivity contribution in [1.29, 1.82) is 0 Å². The van der Waals surface area contributed by atoms with Gasteiger partial charge < -0.3 is 12.9 Å². The summed E-state index contributed by atoms with van der Waals surface area (Å²) in [5.41, 5.74) is -1.19. The Morgan fingerprint density at radius 1 is 1.17 bits per heavy atom. The summed E-state index contributed by atoms with van der Waals surface area (Å²) in [4.78, 5) is 0. The molecule has 1 rings (SSSR count). The van der Waals surface area contributed by atoms with Crippen molar-refractivity contribution in [2.24, 2.45) is 0 Å². The molecule has 0 unspecified atom stereocenters. The van der Waals surface area contributed by atoms with Crippen LogP contribution in [0.15, 0.2) is 22.7 Å². The molecule has 6 heteroatoms. The lowest BCUT2D eigenvalue weighted by atomic mass is 9.80. The van der Waals surface area contributed by atoms with Gasteiger partial charge in [0.15, 0.2) is 0 Å². The Morgan fingerprint density at radius 2 is 1.75 bits per heavy atom. The summed E-state index contributed by atoms with van der Waals surface area (Å²) >= 11 is 2.83. The standard InChI is InChI=1S/C6H3BBrF4/c8-4-1-2-6(9)5(3-4)7(10,11)12/h1-3H/q-1. The predicted octanol–water partition coefficient (Wildman–Crippen LogP) is 2.64. The van der Waals surface area contributed by atoms with E-state index in [1.807, 2.05) is 0 Å². The Bertz CT molecular complexity index is 296. The molecule has 0 bridgehead atoms. The second-order valence-electron chi connectivity index (χ2n) is 2.24. The van der Waals surface area contributed by atoms with Crippen molar-refractivity contribution in [3.63, 3.8) is 0 Å². The van der Waals surface area contributed by atoms with Gasteiger partial charge in [0.2, 0.25) is 0 Å². The van der Waals surface area contributed by atoms with Crippen LogP contribution in [0, 0.1) is 5.82 Å². The van der Waals surface area contributed by atoms with Gasteiger partial charge >= 0.3 is 6.98 Å². The lowest BCUT2D eigenvalue weighted by Gasteiger charge is -2.15. The highest BCUT2D eigenvalue weighted by molar-refractivity contribution is 9.10. The molecule has 0 amide bonds. The third-order valence-corrected chi connectivity index (χ3v) is 1.80. The second-order valence-corrected chi connectivity index (χ2v) is 3.16. The molecule has 1 aromatic carbocycles. The summed E-state index contributed by atoms with van der Waals surface area (Å²) in [5.74, 6) is -1.23. The van der Waals surface area contributed by atoms with E-state index in [2.05, 4.69) is 15.9 Å². The fourth-order valence-corrected chi connectivity index (χ4v) is 1.14. The zero-order valence-electron chi connectivity index (χ0n) is 5.70. The molecule has 0 aliphatic rings. The summed E-state index contributed by atoms with van der Waals surface area (Å²) < 4.78 is 48.9. The maximum atomic E-state index is 12.5. The maximum Gasteiger partial charge on any atom is 0.512 e. The van der Waals surface area contributed by atoms with E-state index in [0.717, 1.165) is 12.1 Å². The Hall–Kier alpha value is -0.515. The van der Waals surface area contributed by atoms with Crippen LogP contribution in [0.1, 0.15) is 0 Å². The molecule has 0 fully saturated rings. The molecule has 0 aliphatic heterocycles. The minimum absolute atomic E-state index is 0.220. The fourth-order valence-electron chi connectivity index (χ4n) is 0.765. The molecule has 0 aromatic heterocycles. The van der Waals surface area contributed by atoms with E-state index < -0.39 is 18.3 Å².